The standard InChI is InChI=1S/C16H21NO4/c1-2-11-9-17(8-7-12(11)18)16(19)15-10-20-13-5-3-4-6-14(13)21-15/h3-6,11-12,15,18H,2,7-10H2,1H3. The van der Waals surface area contributed by atoms with Crippen LogP contribution in [-0.2, 0) is 4.79 Å². The van der Waals surface area contributed by atoms with Gasteiger partial charge in [0.15, 0.2) is 11.5 Å². The van der Waals surface area contributed by atoms with E-state index in [0.29, 0.717) is 31.0 Å². The van der Waals surface area contributed by atoms with Crippen molar-refractivity contribution in [2.45, 2.75) is 32.0 Å². The zero-order chi connectivity index (χ0) is 14.8. The first-order chi connectivity index (χ1) is 10.2. The Morgan fingerprint density at radius 1 is 1.38 bits per heavy atom. The molecule has 114 valence electrons. The van der Waals surface area contributed by atoms with Crippen LogP contribution in [0.4, 0.5) is 0 Å². The molecule has 3 unspecified atom stereocenters. The first-order valence-electron chi connectivity index (χ1n) is 7.54. The fraction of sp³-hybridized carbons (Fsp3) is 0.562. The van der Waals surface area contributed by atoms with Gasteiger partial charge >= 0.3 is 0 Å². The highest BCUT2D eigenvalue weighted by Crippen LogP contribution is 2.31. The summed E-state index contributed by atoms with van der Waals surface area (Å²) < 4.78 is 11.4. The molecule has 0 bridgehead atoms. The Kier molecular flexibility index (Phi) is 4.01. The summed E-state index contributed by atoms with van der Waals surface area (Å²) in [6.45, 7) is 3.46. The van der Waals surface area contributed by atoms with E-state index < -0.39 is 6.10 Å². The highest BCUT2D eigenvalue weighted by Gasteiger charge is 2.35. The molecule has 1 aromatic carbocycles. The third-order valence-electron chi connectivity index (χ3n) is 4.31. The van der Waals surface area contributed by atoms with Gasteiger partial charge in [0.2, 0.25) is 6.10 Å². The third-order valence-corrected chi connectivity index (χ3v) is 4.31. The Hall–Kier alpha value is -1.75. The van der Waals surface area contributed by atoms with Crippen molar-refractivity contribution in [3.05, 3.63) is 24.3 Å². The van der Waals surface area contributed by atoms with Gasteiger partial charge in [-0.05, 0) is 25.0 Å². The summed E-state index contributed by atoms with van der Waals surface area (Å²) in [6.07, 6.45) is 0.612. The van der Waals surface area contributed by atoms with Crippen LogP contribution in [0.15, 0.2) is 24.3 Å². The molecule has 0 radical (unpaired) electrons. The second kappa shape index (κ2) is 5.93. The summed E-state index contributed by atoms with van der Waals surface area (Å²) in [4.78, 5) is 14.4. The molecule has 1 fully saturated rings. The first kappa shape index (κ1) is 14.2. The van der Waals surface area contributed by atoms with Gasteiger partial charge in [0, 0.05) is 19.0 Å². The molecule has 2 heterocycles. The first-order valence-corrected chi connectivity index (χ1v) is 7.54. The maximum Gasteiger partial charge on any atom is 0.267 e. The van der Waals surface area contributed by atoms with Crippen LogP contribution >= 0.6 is 0 Å². The largest absolute Gasteiger partial charge is 0.485 e. The second-order valence-corrected chi connectivity index (χ2v) is 5.67. The number of para-hydroxylation sites is 2. The summed E-state index contributed by atoms with van der Waals surface area (Å²) >= 11 is 0. The predicted molar refractivity (Wildman–Crippen MR) is 77.3 cm³/mol. The van der Waals surface area contributed by atoms with Crippen molar-refractivity contribution in [1.29, 1.82) is 0 Å². The van der Waals surface area contributed by atoms with E-state index in [0.717, 1.165) is 6.42 Å². The summed E-state index contributed by atoms with van der Waals surface area (Å²) in [5.74, 6) is 1.41. The van der Waals surface area contributed by atoms with Crippen molar-refractivity contribution in [2.24, 2.45) is 5.92 Å². The van der Waals surface area contributed by atoms with E-state index >= 15 is 0 Å². The van der Waals surface area contributed by atoms with Crippen molar-refractivity contribution in [2.75, 3.05) is 19.7 Å². The molecule has 1 saturated heterocycles. The fourth-order valence-electron chi connectivity index (χ4n) is 2.97. The molecule has 2 aliphatic rings. The molecular weight excluding hydrogens is 270 g/mol. The number of ether oxygens (including phenoxy) is 2. The Morgan fingerprint density at radius 2 is 2.14 bits per heavy atom. The summed E-state index contributed by atoms with van der Waals surface area (Å²) in [7, 11) is 0. The molecule has 3 atom stereocenters. The minimum atomic E-state index is -0.590. The van der Waals surface area contributed by atoms with Gasteiger partial charge in [-0.2, -0.15) is 0 Å². The number of hydrogen-bond donors (Lipinski definition) is 1. The molecule has 2 aliphatic heterocycles. The zero-order valence-corrected chi connectivity index (χ0v) is 12.2. The molecule has 0 spiro atoms. The molecule has 3 rings (SSSR count). The monoisotopic (exact) mass is 291 g/mol. The van der Waals surface area contributed by atoms with E-state index in [1.807, 2.05) is 31.2 Å². The van der Waals surface area contributed by atoms with E-state index in [2.05, 4.69) is 0 Å². The van der Waals surface area contributed by atoms with Crippen LogP contribution in [0.3, 0.4) is 0 Å². The summed E-state index contributed by atoms with van der Waals surface area (Å²) in [5, 5.41) is 9.92. The lowest BCUT2D eigenvalue weighted by molar-refractivity contribution is -0.145. The van der Waals surface area contributed by atoms with Gasteiger partial charge in [0.05, 0.1) is 6.10 Å². The van der Waals surface area contributed by atoms with E-state index in [1.165, 1.54) is 0 Å². The molecular formula is C16H21NO4. The fourth-order valence-corrected chi connectivity index (χ4v) is 2.97. The SMILES string of the molecule is CCC1CN(C(=O)C2COc3ccccc3O2)CCC1O. The number of benzene rings is 1. The molecule has 21 heavy (non-hydrogen) atoms. The van der Waals surface area contributed by atoms with Crippen LogP contribution in [0.25, 0.3) is 0 Å². The van der Waals surface area contributed by atoms with Crippen LogP contribution in [0.5, 0.6) is 11.5 Å². The van der Waals surface area contributed by atoms with E-state index in [-0.39, 0.29) is 24.5 Å². The lowest BCUT2D eigenvalue weighted by Gasteiger charge is -2.38. The zero-order valence-electron chi connectivity index (χ0n) is 12.2. The van der Waals surface area contributed by atoms with Crippen molar-refractivity contribution in [3.8, 4) is 11.5 Å². The molecule has 1 N–H and O–H groups in total. The van der Waals surface area contributed by atoms with Crippen molar-refractivity contribution in [1.82, 2.24) is 4.90 Å². The predicted octanol–water partition coefficient (Wildman–Crippen LogP) is 1.45. The van der Waals surface area contributed by atoms with Crippen molar-refractivity contribution >= 4 is 5.91 Å². The number of aliphatic hydroxyl groups excluding tert-OH is 1. The lowest BCUT2D eigenvalue weighted by atomic mass is 9.92. The number of carbonyl (C=O) groups excluding carboxylic acids is 1. The lowest BCUT2D eigenvalue weighted by Crippen LogP contribution is -2.52. The van der Waals surface area contributed by atoms with Crippen LogP contribution < -0.4 is 9.47 Å². The van der Waals surface area contributed by atoms with Gasteiger partial charge in [0.25, 0.3) is 5.91 Å². The Bertz CT molecular complexity index is 519. The van der Waals surface area contributed by atoms with E-state index in [1.54, 1.807) is 4.90 Å². The van der Waals surface area contributed by atoms with Gasteiger partial charge in [0.1, 0.15) is 6.61 Å². The van der Waals surface area contributed by atoms with Gasteiger partial charge in [-0.25, -0.2) is 0 Å². The quantitative estimate of drug-likeness (QED) is 0.896. The van der Waals surface area contributed by atoms with Crippen molar-refractivity contribution in [3.63, 3.8) is 0 Å². The molecule has 5 heteroatoms. The average molecular weight is 291 g/mol. The Morgan fingerprint density at radius 3 is 2.90 bits per heavy atom. The van der Waals surface area contributed by atoms with E-state index in [4.69, 9.17) is 9.47 Å². The normalized spacial score (nSPS) is 28.3. The van der Waals surface area contributed by atoms with Gasteiger partial charge in [-0.3, -0.25) is 4.79 Å². The molecule has 0 aliphatic carbocycles. The number of nitrogens with zero attached hydrogens (tertiary/aromatic N) is 1. The van der Waals surface area contributed by atoms with Crippen LogP contribution in [0.2, 0.25) is 0 Å². The number of rotatable bonds is 2. The number of fused-ring (bicyclic) bond motifs is 1. The highest BCUT2D eigenvalue weighted by atomic mass is 16.6. The number of hydrogen-bond acceptors (Lipinski definition) is 4. The van der Waals surface area contributed by atoms with Crippen LogP contribution in [-0.4, -0.2) is 47.8 Å². The maximum absolute atomic E-state index is 12.6. The molecule has 1 amide bonds. The molecule has 1 aromatic rings. The van der Waals surface area contributed by atoms with Crippen molar-refractivity contribution < 1.29 is 19.4 Å². The van der Waals surface area contributed by atoms with E-state index in [9.17, 15) is 9.90 Å². The Labute approximate surface area is 124 Å². The van der Waals surface area contributed by atoms with Gasteiger partial charge in [-0.1, -0.05) is 19.1 Å². The minimum absolute atomic E-state index is 0.0464. The number of piperidine rings is 1. The second-order valence-electron chi connectivity index (χ2n) is 5.67. The number of aliphatic hydroxyl groups is 1. The van der Waals surface area contributed by atoms with Gasteiger partial charge < -0.3 is 19.5 Å². The third kappa shape index (κ3) is 2.83. The van der Waals surface area contributed by atoms with Crippen LogP contribution in [0.1, 0.15) is 19.8 Å². The number of amides is 1. The smallest absolute Gasteiger partial charge is 0.267 e. The average Bonchev–Trinajstić information content (AvgIpc) is 2.54. The minimum Gasteiger partial charge on any atom is -0.485 e. The van der Waals surface area contributed by atoms with Gasteiger partial charge in [-0.15, -0.1) is 0 Å². The summed E-state index contributed by atoms with van der Waals surface area (Å²) in [5.41, 5.74) is 0. The van der Waals surface area contributed by atoms with Crippen LogP contribution in [0, 0.1) is 5.92 Å². The molecule has 5 nitrogen and oxygen atoms in total. The molecule has 0 saturated carbocycles. The summed E-state index contributed by atoms with van der Waals surface area (Å²) in [6, 6.07) is 7.38. The topological polar surface area (TPSA) is 59.0 Å². The highest BCUT2D eigenvalue weighted by molar-refractivity contribution is 5.82. The molecule has 0 aromatic heterocycles. The Balaban J connectivity index is 1.67. The number of likely N-dealkylation sites (tertiary alicyclic amines) is 1. The number of carbonyl (C=O) groups is 1. The maximum atomic E-state index is 12.6.